The monoisotopic (exact) mass is 502 g/mol. The largest absolute Gasteiger partial charge is 0.488 e. The number of rotatable bonds is 8. The molecule has 0 saturated carbocycles. The Hall–Kier alpha value is -4.49. The molecule has 0 bridgehead atoms. The zero-order valence-electron chi connectivity index (χ0n) is 18.9. The van der Waals surface area contributed by atoms with E-state index in [0.29, 0.717) is 21.9 Å². The van der Waals surface area contributed by atoms with E-state index in [0.717, 1.165) is 5.56 Å². The molecular weight excluding hydrogens is 483 g/mol. The number of para-hydroxylation sites is 1. The lowest BCUT2D eigenvalue weighted by Gasteiger charge is -2.10. The van der Waals surface area contributed by atoms with Gasteiger partial charge in [0.1, 0.15) is 23.9 Å². The molecule has 0 aliphatic carbocycles. The molecule has 0 heterocycles. The van der Waals surface area contributed by atoms with E-state index in [1.165, 1.54) is 24.4 Å². The van der Waals surface area contributed by atoms with Crippen molar-refractivity contribution in [3.05, 3.63) is 130 Å². The van der Waals surface area contributed by atoms with Gasteiger partial charge >= 0.3 is 5.97 Å². The molecule has 0 aliphatic heterocycles. The van der Waals surface area contributed by atoms with Crippen molar-refractivity contribution in [2.45, 2.75) is 6.61 Å². The van der Waals surface area contributed by atoms with Crippen molar-refractivity contribution < 1.29 is 23.5 Å². The maximum atomic E-state index is 13.7. The molecule has 180 valence electrons. The predicted octanol–water partition coefficient (Wildman–Crippen LogP) is 6.04. The van der Waals surface area contributed by atoms with Crippen LogP contribution in [0.2, 0.25) is 5.02 Å². The number of nitrogens with one attached hydrogen (secondary N) is 1. The highest BCUT2D eigenvalue weighted by Crippen LogP contribution is 2.20. The summed E-state index contributed by atoms with van der Waals surface area (Å²) in [4.78, 5) is 24.8. The molecule has 0 aromatic heterocycles. The predicted molar refractivity (Wildman–Crippen MR) is 135 cm³/mol. The minimum Gasteiger partial charge on any atom is -0.488 e. The van der Waals surface area contributed by atoms with Gasteiger partial charge < -0.3 is 9.47 Å². The van der Waals surface area contributed by atoms with Crippen LogP contribution in [0.1, 0.15) is 31.8 Å². The molecule has 36 heavy (non-hydrogen) atoms. The second-order valence-electron chi connectivity index (χ2n) is 7.55. The third-order valence-corrected chi connectivity index (χ3v) is 5.26. The molecule has 0 radical (unpaired) electrons. The van der Waals surface area contributed by atoms with Gasteiger partial charge in [-0.05, 0) is 71.8 Å². The third kappa shape index (κ3) is 6.55. The number of carbonyl (C=O) groups excluding carboxylic acids is 2. The van der Waals surface area contributed by atoms with Gasteiger partial charge in [-0.15, -0.1) is 0 Å². The van der Waals surface area contributed by atoms with Crippen LogP contribution in [0.4, 0.5) is 4.39 Å². The molecule has 0 spiro atoms. The van der Waals surface area contributed by atoms with Crippen LogP contribution in [0.3, 0.4) is 0 Å². The Morgan fingerprint density at radius 2 is 1.53 bits per heavy atom. The first-order valence-corrected chi connectivity index (χ1v) is 11.2. The SMILES string of the molecule is O=C(Oc1ccc(/C=N\NC(=O)c2ccccc2OCc2ccc(Cl)cc2)cc1)c1ccccc1F. The maximum absolute atomic E-state index is 13.7. The van der Waals surface area contributed by atoms with Gasteiger partial charge in [0.2, 0.25) is 0 Å². The van der Waals surface area contributed by atoms with E-state index in [9.17, 15) is 14.0 Å². The lowest BCUT2D eigenvalue weighted by molar-refractivity contribution is 0.0729. The smallest absolute Gasteiger partial charge is 0.346 e. The first kappa shape index (κ1) is 24.6. The van der Waals surface area contributed by atoms with E-state index in [2.05, 4.69) is 10.5 Å². The molecule has 8 heteroatoms. The molecule has 6 nitrogen and oxygen atoms in total. The summed E-state index contributed by atoms with van der Waals surface area (Å²) in [5.74, 6) is -1.22. The fourth-order valence-electron chi connectivity index (χ4n) is 3.16. The van der Waals surface area contributed by atoms with Crippen LogP contribution in [0.15, 0.2) is 102 Å². The molecule has 4 aromatic rings. The van der Waals surface area contributed by atoms with Crippen molar-refractivity contribution >= 4 is 29.7 Å². The molecule has 1 N–H and O–H groups in total. The van der Waals surface area contributed by atoms with Crippen molar-refractivity contribution in [3.8, 4) is 11.5 Å². The van der Waals surface area contributed by atoms with E-state index < -0.39 is 17.7 Å². The van der Waals surface area contributed by atoms with Crippen LogP contribution in [0.25, 0.3) is 0 Å². The van der Waals surface area contributed by atoms with Crippen molar-refractivity contribution in [3.63, 3.8) is 0 Å². The Labute approximate surface area is 211 Å². The summed E-state index contributed by atoms with van der Waals surface area (Å²) < 4.78 is 24.7. The number of hydrogen-bond donors (Lipinski definition) is 1. The van der Waals surface area contributed by atoms with E-state index >= 15 is 0 Å². The lowest BCUT2D eigenvalue weighted by atomic mass is 10.2. The summed E-state index contributed by atoms with van der Waals surface area (Å²) in [5, 5.41) is 4.62. The zero-order chi connectivity index (χ0) is 25.3. The average Bonchev–Trinajstić information content (AvgIpc) is 2.89. The Bertz CT molecular complexity index is 1390. The fourth-order valence-corrected chi connectivity index (χ4v) is 3.28. The Morgan fingerprint density at radius 1 is 0.861 bits per heavy atom. The fraction of sp³-hybridized carbons (Fsp3) is 0.0357. The van der Waals surface area contributed by atoms with Gasteiger partial charge in [0.25, 0.3) is 5.91 Å². The van der Waals surface area contributed by atoms with Crippen LogP contribution in [0.5, 0.6) is 11.5 Å². The van der Waals surface area contributed by atoms with E-state index in [1.807, 2.05) is 12.1 Å². The summed E-state index contributed by atoms with van der Waals surface area (Å²) >= 11 is 5.90. The minimum absolute atomic E-state index is 0.150. The van der Waals surface area contributed by atoms with Crippen LogP contribution < -0.4 is 14.9 Å². The number of esters is 1. The number of ether oxygens (including phenoxy) is 2. The number of benzene rings is 4. The number of carbonyl (C=O) groups is 2. The molecule has 0 fully saturated rings. The van der Waals surface area contributed by atoms with Crippen LogP contribution in [-0.2, 0) is 6.61 Å². The molecule has 0 saturated heterocycles. The van der Waals surface area contributed by atoms with E-state index in [4.69, 9.17) is 21.1 Å². The number of halogens is 2. The van der Waals surface area contributed by atoms with Crippen molar-refractivity contribution in [2.75, 3.05) is 0 Å². The van der Waals surface area contributed by atoms with Gasteiger partial charge in [0.15, 0.2) is 0 Å². The number of amides is 1. The molecule has 0 atom stereocenters. The molecular formula is C28H20ClFN2O4. The minimum atomic E-state index is -0.793. The third-order valence-electron chi connectivity index (χ3n) is 5.00. The number of nitrogens with zero attached hydrogens (tertiary/aromatic N) is 1. The van der Waals surface area contributed by atoms with Crippen LogP contribution in [0, 0.1) is 5.82 Å². The molecule has 0 aliphatic rings. The van der Waals surface area contributed by atoms with Gasteiger partial charge in [0.05, 0.1) is 17.3 Å². The standard InChI is InChI=1S/C28H20ClFN2O4/c29-21-13-9-20(10-14-21)18-35-26-8-4-2-6-24(26)27(33)32-31-17-19-11-15-22(16-12-19)36-28(34)23-5-1-3-7-25(23)30/h1-17H,18H2,(H,32,33)/b31-17-. The molecule has 4 aromatic carbocycles. The molecule has 0 unspecified atom stereocenters. The second-order valence-corrected chi connectivity index (χ2v) is 7.99. The highest BCUT2D eigenvalue weighted by atomic mass is 35.5. The van der Waals surface area contributed by atoms with Crippen LogP contribution >= 0.6 is 11.6 Å². The van der Waals surface area contributed by atoms with E-state index in [-0.39, 0.29) is 17.9 Å². The normalized spacial score (nSPS) is 10.7. The molecule has 4 rings (SSSR count). The summed E-state index contributed by atoms with van der Waals surface area (Å²) in [6, 6.07) is 26.0. The maximum Gasteiger partial charge on any atom is 0.346 e. The Balaban J connectivity index is 1.33. The lowest BCUT2D eigenvalue weighted by Crippen LogP contribution is -2.18. The van der Waals surface area contributed by atoms with Gasteiger partial charge in [0, 0.05) is 5.02 Å². The first-order chi connectivity index (χ1) is 17.5. The summed E-state index contributed by atoms with van der Waals surface area (Å²) in [7, 11) is 0. The van der Waals surface area contributed by atoms with Gasteiger partial charge in [-0.1, -0.05) is 48.0 Å². The highest BCUT2D eigenvalue weighted by Gasteiger charge is 2.13. The van der Waals surface area contributed by atoms with Gasteiger partial charge in [-0.25, -0.2) is 14.6 Å². The Kier molecular flexibility index (Phi) is 8.05. The van der Waals surface area contributed by atoms with Crippen LogP contribution in [-0.4, -0.2) is 18.1 Å². The topological polar surface area (TPSA) is 77.0 Å². The summed E-state index contributed by atoms with van der Waals surface area (Å²) in [5.41, 5.74) is 4.22. The van der Waals surface area contributed by atoms with Crippen molar-refractivity contribution in [1.29, 1.82) is 0 Å². The van der Waals surface area contributed by atoms with Crippen molar-refractivity contribution in [1.82, 2.24) is 5.43 Å². The van der Waals surface area contributed by atoms with Gasteiger partial charge in [-0.3, -0.25) is 4.79 Å². The van der Waals surface area contributed by atoms with E-state index in [1.54, 1.807) is 66.7 Å². The van der Waals surface area contributed by atoms with Gasteiger partial charge in [-0.2, -0.15) is 5.10 Å². The van der Waals surface area contributed by atoms with Crippen molar-refractivity contribution in [2.24, 2.45) is 5.10 Å². The number of hydrazone groups is 1. The average molecular weight is 503 g/mol. The quantitative estimate of drug-likeness (QED) is 0.138. The summed E-state index contributed by atoms with van der Waals surface area (Å²) in [6.07, 6.45) is 1.44. The zero-order valence-corrected chi connectivity index (χ0v) is 19.6. The Morgan fingerprint density at radius 3 is 2.25 bits per heavy atom. The first-order valence-electron chi connectivity index (χ1n) is 10.9. The second kappa shape index (κ2) is 11.8. The summed E-state index contributed by atoms with van der Waals surface area (Å²) in [6.45, 7) is 0.276. The number of hydrogen-bond acceptors (Lipinski definition) is 5. The molecule has 1 amide bonds. The highest BCUT2D eigenvalue weighted by molar-refractivity contribution is 6.30.